The molecule has 1 heterocycles. The summed E-state index contributed by atoms with van der Waals surface area (Å²) in [6.45, 7) is 5.58. The van der Waals surface area contributed by atoms with E-state index in [1.165, 1.54) is 24.7 Å². The molecule has 1 N–H and O–H groups in total. The van der Waals surface area contributed by atoms with Crippen LogP contribution in [0.15, 0.2) is 30.3 Å². The van der Waals surface area contributed by atoms with E-state index in [1.807, 2.05) is 18.7 Å². The summed E-state index contributed by atoms with van der Waals surface area (Å²) in [6.07, 6.45) is 7.48. The first-order valence-electron chi connectivity index (χ1n) is 12.1. The normalized spacial score (nSPS) is 28.8. The number of urea groups is 1. The van der Waals surface area contributed by atoms with Crippen LogP contribution in [0.1, 0.15) is 57.9 Å². The molecule has 1 saturated heterocycles. The summed E-state index contributed by atoms with van der Waals surface area (Å²) in [6, 6.07) is 10.8. The van der Waals surface area contributed by atoms with Gasteiger partial charge >= 0.3 is 6.03 Å². The second-order valence-electron chi connectivity index (χ2n) is 11.5. The minimum Gasteiger partial charge on any atom is -0.320 e. The van der Waals surface area contributed by atoms with Crippen molar-refractivity contribution in [3.05, 3.63) is 35.9 Å². The minimum atomic E-state index is -3.36. The van der Waals surface area contributed by atoms with E-state index in [0.717, 1.165) is 32.2 Å². The van der Waals surface area contributed by atoms with Crippen LogP contribution < -0.4 is 4.72 Å². The minimum absolute atomic E-state index is 0.0225. The van der Waals surface area contributed by atoms with E-state index >= 15 is 0 Å². The largest absolute Gasteiger partial charge is 0.320 e. The van der Waals surface area contributed by atoms with Gasteiger partial charge in [-0.2, -0.15) is 0 Å². The molecule has 4 rings (SSSR count). The van der Waals surface area contributed by atoms with Crippen LogP contribution in [0.5, 0.6) is 0 Å². The number of benzene rings is 1. The number of amides is 2. The van der Waals surface area contributed by atoms with Gasteiger partial charge in [0.05, 0.1) is 11.8 Å². The highest BCUT2D eigenvalue weighted by Crippen LogP contribution is 2.50. The maximum Gasteiger partial charge on any atom is 0.320 e. The van der Waals surface area contributed by atoms with Crippen molar-refractivity contribution < 1.29 is 13.2 Å². The summed E-state index contributed by atoms with van der Waals surface area (Å²) in [7, 11) is 0.971. The molecule has 2 amide bonds. The van der Waals surface area contributed by atoms with Gasteiger partial charge in [0, 0.05) is 30.7 Å². The molecule has 0 aromatic heterocycles. The Bertz CT molecular complexity index is 965. The molecule has 1 aliphatic heterocycles. The Morgan fingerprint density at radius 2 is 1.70 bits per heavy atom. The highest BCUT2D eigenvalue weighted by molar-refractivity contribution is 7.88. The SMILES string of the molecule is CN(C)C1(c2ccccc2)CCC2(CC1)CN(CC(C)(C)NS(C)(=O)=O)C(=O)N2CC1CC1. The average molecular weight is 477 g/mol. The van der Waals surface area contributed by atoms with Crippen molar-refractivity contribution in [2.24, 2.45) is 5.92 Å². The number of nitrogens with zero attached hydrogens (tertiary/aromatic N) is 3. The van der Waals surface area contributed by atoms with Gasteiger partial charge in [-0.05, 0) is 77.9 Å². The van der Waals surface area contributed by atoms with Gasteiger partial charge < -0.3 is 9.80 Å². The Kier molecular flexibility index (Phi) is 6.34. The molecule has 2 aliphatic carbocycles. The van der Waals surface area contributed by atoms with Crippen LogP contribution in [0.4, 0.5) is 4.79 Å². The first kappa shape index (κ1) is 24.5. The standard InChI is InChI=1S/C25H40N4O3S/c1-23(2,26-33(5,31)32)18-28-19-24(29(22(28)30)17-20-11-12-20)13-15-25(16-14-24,27(3)4)21-9-7-6-8-10-21/h6-10,20,26H,11-19H2,1-5H3. The molecule has 0 unspecified atom stereocenters. The van der Waals surface area contributed by atoms with Gasteiger partial charge in [0.25, 0.3) is 0 Å². The van der Waals surface area contributed by atoms with E-state index in [-0.39, 0.29) is 17.1 Å². The quantitative estimate of drug-likeness (QED) is 0.625. The summed E-state index contributed by atoms with van der Waals surface area (Å²) >= 11 is 0. The van der Waals surface area contributed by atoms with Gasteiger partial charge in [-0.1, -0.05) is 30.3 Å². The number of nitrogens with one attached hydrogen (secondary N) is 1. The summed E-state index contributed by atoms with van der Waals surface area (Å²) in [5, 5.41) is 0. The van der Waals surface area contributed by atoms with E-state index in [2.05, 4.69) is 58.9 Å². The van der Waals surface area contributed by atoms with Crippen LogP contribution in [0.25, 0.3) is 0 Å². The molecule has 0 atom stereocenters. The first-order chi connectivity index (χ1) is 15.4. The predicted molar refractivity (Wildman–Crippen MR) is 131 cm³/mol. The van der Waals surface area contributed by atoms with Crippen molar-refractivity contribution in [3.63, 3.8) is 0 Å². The highest BCUT2D eigenvalue weighted by atomic mass is 32.2. The lowest BCUT2D eigenvalue weighted by atomic mass is 9.68. The maximum atomic E-state index is 13.6. The van der Waals surface area contributed by atoms with Crippen LogP contribution >= 0.6 is 0 Å². The van der Waals surface area contributed by atoms with Gasteiger partial charge in [0.1, 0.15) is 0 Å². The smallest absolute Gasteiger partial charge is 0.320 e. The molecular weight excluding hydrogens is 436 g/mol. The Morgan fingerprint density at radius 3 is 2.21 bits per heavy atom. The van der Waals surface area contributed by atoms with Crippen LogP contribution in [0.2, 0.25) is 0 Å². The zero-order chi connectivity index (χ0) is 24.1. The molecule has 7 nitrogen and oxygen atoms in total. The summed E-state index contributed by atoms with van der Waals surface area (Å²) in [4.78, 5) is 20.0. The van der Waals surface area contributed by atoms with Gasteiger partial charge in [-0.15, -0.1) is 0 Å². The summed E-state index contributed by atoms with van der Waals surface area (Å²) in [5.74, 6) is 0.614. The molecule has 0 bridgehead atoms. The summed E-state index contributed by atoms with van der Waals surface area (Å²) in [5.41, 5.74) is 0.435. The molecule has 0 radical (unpaired) electrons. The molecular formula is C25H40N4O3S. The molecule has 8 heteroatoms. The first-order valence-corrected chi connectivity index (χ1v) is 14.0. The molecule has 33 heavy (non-hydrogen) atoms. The topological polar surface area (TPSA) is 73.0 Å². The van der Waals surface area contributed by atoms with Gasteiger partial charge in [0.15, 0.2) is 0 Å². The second-order valence-corrected chi connectivity index (χ2v) is 13.2. The number of carbonyl (C=O) groups is 1. The molecule has 3 aliphatic rings. The van der Waals surface area contributed by atoms with E-state index in [0.29, 0.717) is 19.0 Å². The lowest BCUT2D eigenvalue weighted by molar-refractivity contribution is 0.0231. The number of hydrogen-bond donors (Lipinski definition) is 1. The van der Waals surface area contributed by atoms with E-state index in [4.69, 9.17) is 0 Å². The molecule has 1 spiro atoms. The van der Waals surface area contributed by atoms with Crippen molar-refractivity contribution in [2.45, 2.75) is 69.0 Å². The number of hydrogen-bond acceptors (Lipinski definition) is 4. The molecule has 1 aromatic carbocycles. The summed E-state index contributed by atoms with van der Waals surface area (Å²) < 4.78 is 26.4. The number of sulfonamides is 1. The molecule has 3 fully saturated rings. The zero-order valence-corrected chi connectivity index (χ0v) is 21.6. The zero-order valence-electron chi connectivity index (χ0n) is 20.8. The molecule has 1 aromatic rings. The van der Waals surface area contributed by atoms with Gasteiger partial charge in [-0.3, -0.25) is 4.90 Å². The monoisotopic (exact) mass is 476 g/mol. The van der Waals surface area contributed by atoms with E-state index in [9.17, 15) is 13.2 Å². The fourth-order valence-corrected chi connectivity index (χ4v) is 7.21. The van der Waals surface area contributed by atoms with Crippen LogP contribution in [-0.4, -0.2) is 80.2 Å². The average Bonchev–Trinajstić information content (AvgIpc) is 3.50. The third-order valence-electron chi connectivity index (χ3n) is 7.92. The molecule has 184 valence electrons. The fourth-order valence-electron chi connectivity index (χ4n) is 6.15. The second kappa shape index (κ2) is 8.54. The van der Waals surface area contributed by atoms with Crippen molar-refractivity contribution in [1.29, 1.82) is 0 Å². The van der Waals surface area contributed by atoms with Crippen molar-refractivity contribution in [3.8, 4) is 0 Å². The van der Waals surface area contributed by atoms with Crippen molar-refractivity contribution in [2.75, 3.05) is 40.0 Å². The van der Waals surface area contributed by atoms with Crippen LogP contribution in [0, 0.1) is 5.92 Å². The molecule has 2 saturated carbocycles. The number of carbonyl (C=O) groups excluding carboxylic acids is 1. The van der Waals surface area contributed by atoms with E-state index in [1.54, 1.807) is 0 Å². The van der Waals surface area contributed by atoms with Crippen LogP contribution in [0.3, 0.4) is 0 Å². The third-order valence-corrected chi connectivity index (χ3v) is 8.84. The van der Waals surface area contributed by atoms with E-state index < -0.39 is 15.6 Å². The van der Waals surface area contributed by atoms with Crippen LogP contribution in [-0.2, 0) is 15.6 Å². The lowest BCUT2D eigenvalue weighted by Gasteiger charge is -2.51. The maximum absolute atomic E-state index is 13.6. The van der Waals surface area contributed by atoms with Crippen molar-refractivity contribution in [1.82, 2.24) is 19.4 Å². The Morgan fingerprint density at radius 1 is 1.09 bits per heavy atom. The fraction of sp³-hybridized carbons (Fsp3) is 0.720. The predicted octanol–water partition coefficient (Wildman–Crippen LogP) is 3.23. The van der Waals surface area contributed by atoms with Crippen molar-refractivity contribution >= 4 is 16.1 Å². The lowest BCUT2D eigenvalue weighted by Crippen LogP contribution is -2.55. The Hall–Kier alpha value is -1.64. The Labute approximate surface area is 199 Å². The Balaban J connectivity index is 1.57. The highest BCUT2D eigenvalue weighted by Gasteiger charge is 2.55. The number of rotatable bonds is 8. The van der Waals surface area contributed by atoms with Gasteiger partial charge in [0.2, 0.25) is 10.0 Å². The van der Waals surface area contributed by atoms with Gasteiger partial charge in [-0.25, -0.2) is 17.9 Å². The third kappa shape index (κ3) is 5.08.